The molecule has 4 heteroatoms. The van der Waals surface area contributed by atoms with Crippen molar-refractivity contribution in [2.24, 2.45) is 0 Å². The Morgan fingerprint density at radius 1 is 1.22 bits per heavy atom. The lowest BCUT2D eigenvalue weighted by atomic mass is 10.0. The van der Waals surface area contributed by atoms with Crippen molar-refractivity contribution in [1.29, 1.82) is 0 Å². The average molecular weight is 255 g/mol. The minimum Gasteiger partial charge on any atom is -0.444 e. The Kier molecular flexibility index (Phi) is 4.08. The molecule has 4 nitrogen and oxygen atoms in total. The Labute approximate surface area is 110 Å². The van der Waals surface area contributed by atoms with E-state index in [0.717, 1.165) is 12.8 Å². The molecule has 1 atom stereocenters. The second-order valence-electron chi connectivity index (χ2n) is 6.90. The summed E-state index contributed by atoms with van der Waals surface area (Å²) in [6, 6.07) is -0.320. The van der Waals surface area contributed by atoms with Crippen molar-refractivity contribution in [3.05, 3.63) is 0 Å². The van der Waals surface area contributed by atoms with Crippen molar-refractivity contribution in [3.63, 3.8) is 0 Å². The van der Waals surface area contributed by atoms with Gasteiger partial charge in [0.15, 0.2) is 5.78 Å². The molecule has 0 aliphatic heterocycles. The fourth-order valence-corrected chi connectivity index (χ4v) is 2.25. The average Bonchev–Trinajstić information content (AvgIpc) is 2.46. The first-order valence-corrected chi connectivity index (χ1v) is 6.57. The van der Waals surface area contributed by atoms with Gasteiger partial charge in [-0.05, 0) is 54.4 Å². The highest BCUT2D eigenvalue weighted by Crippen LogP contribution is 2.28. The van der Waals surface area contributed by atoms with E-state index in [1.807, 2.05) is 41.5 Å². The third-order valence-electron chi connectivity index (χ3n) is 2.90. The Balaban J connectivity index is 2.92. The molecule has 0 radical (unpaired) electrons. The summed E-state index contributed by atoms with van der Waals surface area (Å²) in [4.78, 5) is 25.8. The van der Waals surface area contributed by atoms with Gasteiger partial charge in [0.25, 0.3) is 0 Å². The van der Waals surface area contributed by atoms with Gasteiger partial charge in [0.05, 0.1) is 6.04 Å². The van der Waals surface area contributed by atoms with Crippen LogP contribution < -0.4 is 0 Å². The minimum absolute atomic E-state index is 0.149. The first-order chi connectivity index (χ1) is 8.02. The fourth-order valence-electron chi connectivity index (χ4n) is 2.25. The Hall–Kier alpha value is -1.06. The second-order valence-corrected chi connectivity index (χ2v) is 6.90. The van der Waals surface area contributed by atoms with Gasteiger partial charge in [-0.1, -0.05) is 0 Å². The monoisotopic (exact) mass is 255 g/mol. The van der Waals surface area contributed by atoms with E-state index in [-0.39, 0.29) is 11.8 Å². The van der Waals surface area contributed by atoms with Gasteiger partial charge in [0.2, 0.25) is 0 Å². The quantitative estimate of drug-likeness (QED) is 0.723. The van der Waals surface area contributed by atoms with Crippen molar-refractivity contribution in [2.75, 3.05) is 0 Å². The van der Waals surface area contributed by atoms with Crippen LogP contribution in [0.15, 0.2) is 0 Å². The molecule has 1 rings (SSSR count). The molecule has 1 amide bonds. The summed E-state index contributed by atoms with van der Waals surface area (Å²) >= 11 is 0. The number of hydrogen-bond acceptors (Lipinski definition) is 3. The highest BCUT2D eigenvalue weighted by molar-refractivity contribution is 5.89. The maximum Gasteiger partial charge on any atom is 0.411 e. The number of ketones is 1. The van der Waals surface area contributed by atoms with Gasteiger partial charge in [0.1, 0.15) is 5.60 Å². The molecule has 0 saturated heterocycles. The Morgan fingerprint density at radius 3 is 2.11 bits per heavy atom. The van der Waals surface area contributed by atoms with Crippen molar-refractivity contribution in [1.82, 2.24) is 4.90 Å². The van der Waals surface area contributed by atoms with Gasteiger partial charge in [-0.25, -0.2) is 4.79 Å². The van der Waals surface area contributed by atoms with E-state index in [1.54, 1.807) is 4.90 Å². The maximum absolute atomic E-state index is 12.3. The number of hydrogen-bond donors (Lipinski definition) is 0. The van der Waals surface area contributed by atoms with Gasteiger partial charge in [-0.3, -0.25) is 9.69 Å². The number of Topliss-reactive ketones (excluding diaryl/α,β-unsaturated/α-hetero) is 1. The molecule has 0 aromatic carbocycles. The van der Waals surface area contributed by atoms with Crippen LogP contribution in [0.4, 0.5) is 4.79 Å². The zero-order valence-corrected chi connectivity index (χ0v) is 12.4. The molecule has 0 heterocycles. The van der Waals surface area contributed by atoms with E-state index < -0.39 is 17.2 Å². The van der Waals surface area contributed by atoms with Crippen molar-refractivity contribution in [2.45, 2.75) is 78.0 Å². The third kappa shape index (κ3) is 3.72. The summed E-state index contributed by atoms with van der Waals surface area (Å²) in [5, 5.41) is 0. The number of ether oxygens (including phenoxy) is 1. The van der Waals surface area contributed by atoms with Crippen molar-refractivity contribution in [3.8, 4) is 0 Å². The molecule has 1 unspecified atom stereocenters. The van der Waals surface area contributed by atoms with Crippen LogP contribution in [0.1, 0.15) is 60.8 Å². The molecular weight excluding hydrogens is 230 g/mol. The summed E-state index contributed by atoms with van der Waals surface area (Å²) in [7, 11) is 0. The molecule has 1 saturated carbocycles. The zero-order valence-electron chi connectivity index (χ0n) is 12.4. The van der Waals surface area contributed by atoms with Crippen LogP contribution in [-0.4, -0.2) is 34.0 Å². The maximum atomic E-state index is 12.3. The molecule has 1 fully saturated rings. The van der Waals surface area contributed by atoms with Crippen LogP contribution in [0, 0.1) is 0 Å². The van der Waals surface area contributed by atoms with E-state index in [2.05, 4.69) is 0 Å². The first kappa shape index (κ1) is 15.0. The molecule has 0 aromatic rings. The molecule has 0 spiro atoms. The number of rotatable bonds is 1. The van der Waals surface area contributed by atoms with E-state index in [1.165, 1.54) is 0 Å². The summed E-state index contributed by atoms with van der Waals surface area (Å²) in [5.41, 5.74) is -0.949. The zero-order chi connectivity index (χ0) is 14.1. The Morgan fingerprint density at radius 2 is 1.78 bits per heavy atom. The highest BCUT2D eigenvalue weighted by Gasteiger charge is 2.41. The standard InChI is InChI=1S/C14H25NO3/c1-13(2,3)15(10-8-7-9-11(10)16)12(17)18-14(4,5)6/h10H,7-9H2,1-6H3. The lowest BCUT2D eigenvalue weighted by Crippen LogP contribution is -2.54. The molecule has 1 aliphatic carbocycles. The normalized spacial score (nSPS) is 21.0. The van der Waals surface area contributed by atoms with Gasteiger partial charge in [-0.15, -0.1) is 0 Å². The van der Waals surface area contributed by atoms with Crippen LogP contribution in [0.2, 0.25) is 0 Å². The van der Waals surface area contributed by atoms with E-state index in [9.17, 15) is 9.59 Å². The van der Waals surface area contributed by atoms with Gasteiger partial charge < -0.3 is 4.74 Å². The topological polar surface area (TPSA) is 46.6 Å². The van der Waals surface area contributed by atoms with Gasteiger partial charge in [0, 0.05) is 12.0 Å². The smallest absolute Gasteiger partial charge is 0.411 e. The van der Waals surface area contributed by atoms with Gasteiger partial charge >= 0.3 is 6.09 Å². The number of nitrogens with zero attached hydrogens (tertiary/aromatic N) is 1. The fraction of sp³-hybridized carbons (Fsp3) is 0.857. The van der Waals surface area contributed by atoms with Crippen LogP contribution in [0.25, 0.3) is 0 Å². The molecule has 0 bridgehead atoms. The molecule has 1 aliphatic rings. The third-order valence-corrected chi connectivity index (χ3v) is 2.90. The SMILES string of the molecule is CC(C)(C)OC(=O)N(C1CCCC1=O)C(C)(C)C. The van der Waals surface area contributed by atoms with E-state index in [4.69, 9.17) is 4.74 Å². The minimum atomic E-state index is -0.539. The number of carbonyl (C=O) groups is 2. The molecular formula is C14H25NO3. The lowest BCUT2D eigenvalue weighted by molar-refractivity contribution is -0.123. The molecule has 0 aromatic heterocycles. The van der Waals surface area contributed by atoms with Crippen LogP contribution in [0.5, 0.6) is 0 Å². The lowest BCUT2D eigenvalue weighted by Gasteiger charge is -2.40. The largest absolute Gasteiger partial charge is 0.444 e. The summed E-state index contributed by atoms with van der Waals surface area (Å²) in [6.07, 6.45) is 1.78. The van der Waals surface area contributed by atoms with Gasteiger partial charge in [-0.2, -0.15) is 0 Å². The predicted octanol–water partition coefficient (Wildman–Crippen LogP) is 3.14. The van der Waals surface area contributed by atoms with Crippen molar-refractivity contribution < 1.29 is 14.3 Å². The predicted molar refractivity (Wildman–Crippen MR) is 70.5 cm³/mol. The second kappa shape index (κ2) is 4.90. The van der Waals surface area contributed by atoms with Crippen LogP contribution in [-0.2, 0) is 9.53 Å². The Bertz CT molecular complexity index is 336. The molecule has 104 valence electrons. The molecule has 0 N–H and O–H groups in total. The summed E-state index contributed by atoms with van der Waals surface area (Å²) in [6.45, 7) is 11.3. The molecule has 18 heavy (non-hydrogen) atoms. The highest BCUT2D eigenvalue weighted by atomic mass is 16.6. The van der Waals surface area contributed by atoms with Crippen LogP contribution in [0.3, 0.4) is 0 Å². The van der Waals surface area contributed by atoms with E-state index in [0.29, 0.717) is 6.42 Å². The summed E-state index contributed by atoms with van der Waals surface area (Å²) in [5.74, 6) is 0.149. The number of carbonyl (C=O) groups excluding carboxylic acids is 2. The van der Waals surface area contributed by atoms with Crippen molar-refractivity contribution >= 4 is 11.9 Å². The number of amides is 1. The summed E-state index contributed by atoms with van der Waals surface area (Å²) < 4.78 is 5.42. The van der Waals surface area contributed by atoms with E-state index >= 15 is 0 Å². The first-order valence-electron chi connectivity index (χ1n) is 6.57. The van der Waals surface area contributed by atoms with Crippen LogP contribution >= 0.6 is 0 Å².